The fraction of sp³-hybridized carbons (Fsp3) is 1.00. The van der Waals surface area contributed by atoms with Crippen LogP contribution in [0.5, 0.6) is 0 Å². The first-order valence-corrected chi connectivity index (χ1v) is 15.3. The maximum absolute atomic E-state index is 2.62. The van der Waals surface area contributed by atoms with Crippen molar-refractivity contribution in [3.63, 3.8) is 0 Å². The Morgan fingerprint density at radius 1 is 0.394 bits per heavy atom. The Labute approximate surface area is 218 Å². The van der Waals surface area contributed by atoms with Crippen LogP contribution in [-0.4, -0.2) is 30.7 Å². The summed E-state index contributed by atoms with van der Waals surface area (Å²) >= 11 is 0. The van der Waals surface area contributed by atoms with Gasteiger partial charge in [-0.05, 0) is 32.1 Å². The zero-order chi connectivity index (χ0) is 24.0. The average Bonchev–Trinajstić information content (AvgIpc) is 2.77. The van der Waals surface area contributed by atoms with Crippen molar-refractivity contribution in [3.8, 4) is 0 Å². The molecule has 0 bridgehead atoms. The summed E-state index contributed by atoms with van der Waals surface area (Å²) in [5.74, 6) is 0. The Morgan fingerprint density at radius 3 is 0.970 bits per heavy atom. The van der Waals surface area contributed by atoms with Crippen LogP contribution >= 0.6 is 0 Å². The molecule has 0 aliphatic carbocycles. The molecule has 0 aliphatic rings. The van der Waals surface area contributed by atoms with Crippen molar-refractivity contribution < 1.29 is 16.9 Å². The Kier molecular flexibility index (Phi) is 25.7. The molecule has 2 heteroatoms. The molecule has 0 aliphatic heterocycles. The molecule has 33 heavy (non-hydrogen) atoms. The summed E-state index contributed by atoms with van der Waals surface area (Å²) in [5.41, 5.74) is 0.523. The highest BCUT2D eigenvalue weighted by atomic mass is 35.5. The summed E-state index contributed by atoms with van der Waals surface area (Å²) in [7, 11) is 5.23. The zero-order valence-electron chi connectivity index (χ0n) is 24.3. The summed E-state index contributed by atoms with van der Waals surface area (Å²) < 4.78 is 1.29. The standard InChI is InChI=1S/C31H66N.ClH/c1-7-11-15-19-23-27-31(28-24-20-16-12-8-2,29-25-21-17-13-9-3)32(5,6)30-26-22-18-14-10-4;/h7-30H2,1-6H3;1H/q+1;/p-1. The molecule has 0 aromatic heterocycles. The number of unbranched alkanes of at least 4 members (excludes halogenated alkanes) is 16. The third-order valence-corrected chi connectivity index (χ3v) is 8.34. The maximum Gasteiger partial charge on any atom is 0.0988 e. The Hall–Kier alpha value is 0.250. The van der Waals surface area contributed by atoms with Crippen molar-refractivity contribution in [1.29, 1.82) is 0 Å². The van der Waals surface area contributed by atoms with Crippen molar-refractivity contribution in [3.05, 3.63) is 0 Å². The molecular weight excluding hydrogens is 422 g/mol. The Balaban J connectivity index is 0. The molecule has 0 radical (unpaired) electrons. The summed E-state index contributed by atoms with van der Waals surface area (Å²) in [5, 5.41) is 0. The van der Waals surface area contributed by atoms with Gasteiger partial charge in [0.2, 0.25) is 0 Å². The van der Waals surface area contributed by atoms with Gasteiger partial charge in [0.05, 0.1) is 26.2 Å². The Morgan fingerprint density at radius 2 is 0.667 bits per heavy atom. The highest BCUT2D eigenvalue weighted by Gasteiger charge is 2.43. The lowest BCUT2D eigenvalue weighted by Crippen LogP contribution is -3.00. The van der Waals surface area contributed by atoms with Crippen LogP contribution in [0.15, 0.2) is 0 Å². The summed E-state index contributed by atoms with van der Waals surface area (Å²) in [6, 6.07) is 0. The number of hydrogen-bond donors (Lipinski definition) is 0. The van der Waals surface area contributed by atoms with E-state index in [0.717, 1.165) is 0 Å². The van der Waals surface area contributed by atoms with Gasteiger partial charge in [-0.1, -0.05) is 124 Å². The van der Waals surface area contributed by atoms with E-state index in [1.54, 1.807) is 0 Å². The molecule has 0 spiro atoms. The number of quaternary nitrogens is 1. The van der Waals surface area contributed by atoms with Gasteiger partial charge in [-0.25, -0.2) is 0 Å². The zero-order valence-corrected chi connectivity index (χ0v) is 25.1. The maximum atomic E-state index is 2.62. The van der Waals surface area contributed by atoms with Crippen LogP contribution < -0.4 is 12.4 Å². The fourth-order valence-electron chi connectivity index (χ4n) is 5.80. The van der Waals surface area contributed by atoms with Gasteiger partial charge in [0, 0.05) is 19.3 Å². The van der Waals surface area contributed by atoms with Crippen LogP contribution in [0.1, 0.15) is 175 Å². The van der Waals surface area contributed by atoms with Crippen LogP contribution in [0.2, 0.25) is 0 Å². The SMILES string of the molecule is CCCCCCCC(CCCCCCC)(CCCCCCC)[N+](C)(C)CCCCCCC.[Cl-]. The highest BCUT2D eigenvalue weighted by molar-refractivity contribution is 4.82. The first-order valence-electron chi connectivity index (χ1n) is 15.3. The van der Waals surface area contributed by atoms with E-state index in [-0.39, 0.29) is 12.4 Å². The van der Waals surface area contributed by atoms with E-state index in [9.17, 15) is 0 Å². The molecule has 0 aromatic rings. The van der Waals surface area contributed by atoms with Crippen LogP contribution in [0, 0.1) is 0 Å². The third kappa shape index (κ3) is 17.3. The lowest BCUT2D eigenvalue weighted by molar-refractivity contribution is -0.944. The molecule has 0 atom stereocenters. The number of rotatable bonds is 25. The van der Waals surface area contributed by atoms with E-state index in [1.165, 1.54) is 159 Å². The Bertz CT molecular complexity index is 343. The molecule has 202 valence electrons. The van der Waals surface area contributed by atoms with E-state index in [2.05, 4.69) is 41.8 Å². The van der Waals surface area contributed by atoms with E-state index in [1.807, 2.05) is 0 Å². The van der Waals surface area contributed by atoms with Gasteiger partial charge in [0.25, 0.3) is 0 Å². The molecule has 0 rings (SSSR count). The largest absolute Gasteiger partial charge is 1.00 e. The van der Waals surface area contributed by atoms with Crippen molar-refractivity contribution in [2.24, 2.45) is 0 Å². The molecule has 1 nitrogen and oxygen atoms in total. The molecule has 0 heterocycles. The van der Waals surface area contributed by atoms with Crippen LogP contribution in [0.3, 0.4) is 0 Å². The quantitative estimate of drug-likeness (QED) is 0.0907. The lowest BCUT2D eigenvalue weighted by Gasteiger charge is -2.50. The van der Waals surface area contributed by atoms with Gasteiger partial charge in [-0.15, -0.1) is 0 Å². The average molecular weight is 488 g/mol. The van der Waals surface area contributed by atoms with Crippen LogP contribution in [0.25, 0.3) is 0 Å². The van der Waals surface area contributed by atoms with Crippen molar-refractivity contribution in [2.45, 2.75) is 181 Å². The van der Waals surface area contributed by atoms with Crippen LogP contribution in [-0.2, 0) is 0 Å². The number of halogens is 1. The van der Waals surface area contributed by atoms with E-state index >= 15 is 0 Å². The molecule has 0 aromatic carbocycles. The van der Waals surface area contributed by atoms with Crippen LogP contribution in [0.4, 0.5) is 0 Å². The third-order valence-electron chi connectivity index (χ3n) is 8.34. The predicted molar refractivity (Wildman–Crippen MR) is 149 cm³/mol. The second-order valence-electron chi connectivity index (χ2n) is 11.5. The second-order valence-corrected chi connectivity index (χ2v) is 11.5. The highest BCUT2D eigenvalue weighted by Crippen LogP contribution is 2.38. The lowest BCUT2D eigenvalue weighted by atomic mass is 9.78. The predicted octanol–water partition coefficient (Wildman–Crippen LogP) is 7.86. The van der Waals surface area contributed by atoms with Gasteiger partial charge in [-0.2, -0.15) is 0 Å². The second kappa shape index (κ2) is 24.0. The van der Waals surface area contributed by atoms with E-state index in [4.69, 9.17) is 0 Å². The normalized spacial score (nSPS) is 12.2. The first kappa shape index (κ1) is 35.4. The minimum absolute atomic E-state index is 0. The number of hydrogen-bond acceptors (Lipinski definition) is 0. The number of nitrogens with zero attached hydrogens (tertiary/aromatic N) is 1. The smallest absolute Gasteiger partial charge is 0.0988 e. The van der Waals surface area contributed by atoms with Gasteiger partial charge in [-0.3, -0.25) is 0 Å². The van der Waals surface area contributed by atoms with Crippen molar-refractivity contribution in [1.82, 2.24) is 0 Å². The molecule has 0 saturated heterocycles. The van der Waals surface area contributed by atoms with Gasteiger partial charge < -0.3 is 16.9 Å². The molecule has 0 saturated carbocycles. The van der Waals surface area contributed by atoms with Gasteiger partial charge >= 0.3 is 0 Å². The van der Waals surface area contributed by atoms with Crippen molar-refractivity contribution in [2.75, 3.05) is 20.6 Å². The van der Waals surface area contributed by atoms with E-state index < -0.39 is 0 Å². The van der Waals surface area contributed by atoms with Gasteiger partial charge in [0.15, 0.2) is 0 Å². The van der Waals surface area contributed by atoms with E-state index in [0.29, 0.717) is 5.54 Å². The minimum atomic E-state index is 0. The topological polar surface area (TPSA) is 0 Å². The molecule has 0 fully saturated rings. The molecule has 0 N–H and O–H groups in total. The van der Waals surface area contributed by atoms with Gasteiger partial charge in [0.1, 0.15) is 0 Å². The molecule has 0 unspecified atom stereocenters. The van der Waals surface area contributed by atoms with Crippen molar-refractivity contribution >= 4 is 0 Å². The molecule has 0 amide bonds. The molecular formula is C31H66ClN. The monoisotopic (exact) mass is 487 g/mol. The summed E-state index contributed by atoms with van der Waals surface area (Å²) in [6.07, 6.45) is 33.0. The summed E-state index contributed by atoms with van der Waals surface area (Å²) in [6.45, 7) is 10.8. The first-order chi connectivity index (χ1) is 15.5. The summed E-state index contributed by atoms with van der Waals surface area (Å²) in [4.78, 5) is 0. The fourth-order valence-corrected chi connectivity index (χ4v) is 5.80. The minimum Gasteiger partial charge on any atom is -1.00 e.